The van der Waals surface area contributed by atoms with Crippen molar-refractivity contribution in [2.45, 2.75) is 70.9 Å². The summed E-state index contributed by atoms with van der Waals surface area (Å²) in [7, 11) is 0. The molecule has 0 radical (unpaired) electrons. The van der Waals surface area contributed by atoms with Crippen LogP contribution in [-0.4, -0.2) is 109 Å². The predicted octanol–water partition coefficient (Wildman–Crippen LogP) is 2.06. The van der Waals surface area contributed by atoms with E-state index in [1.54, 1.807) is 6.92 Å². The van der Waals surface area contributed by atoms with Gasteiger partial charge in [0, 0.05) is 84.4 Å². The minimum absolute atomic E-state index is 0.0350. The Balaban J connectivity index is 1.24. The van der Waals surface area contributed by atoms with Gasteiger partial charge in [-0.05, 0) is 44.4 Å². The maximum Gasteiger partial charge on any atom is 0.225 e. The van der Waals surface area contributed by atoms with Gasteiger partial charge in [-0.25, -0.2) is 0 Å². The van der Waals surface area contributed by atoms with Crippen molar-refractivity contribution in [2.24, 2.45) is 11.8 Å². The zero-order valence-electron chi connectivity index (χ0n) is 20.6. The Morgan fingerprint density at radius 2 is 1.56 bits per heavy atom. The Hall–Kier alpha value is -1.18. The van der Waals surface area contributed by atoms with Crippen LogP contribution in [0.15, 0.2) is 0 Å². The molecular formula is C25H44N4O3. The van der Waals surface area contributed by atoms with Crippen molar-refractivity contribution >= 4 is 11.8 Å². The first-order valence-corrected chi connectivity index (χ1v) is 13.0. The molecule has 1 spiro atoms. The molecule has 0 aliphatic carbocycles. The number of nitrogens with zero attached hydrogens (tertiary/aromatic N) is 4. The van der Waals surface area contributed by atoms with Crippen LogP contribution in [0.3, 0.4) is 0 Å². The lowest BCUT2D eigenvalue weighted by Crippen LogP contribution is -2.58. The van der Waals surface area contributed by atoms with Gasteiger partial charge in [-0.1, -0.05) is 13.8 Å². The SMILES string of the molecule is CC(=O)N1CCC(C(=O)N2CCC3(CC2)CC(N2CCN(CC(C)C)CC2)CCO3)CC1. The van der Waals surface area contributed by atoms with Crippen molar-refractivity contribution in [2.75, 3.05) is 65.5 Å². The second kappa shape index (κ2) is 10.4. The molecule has 0 N–H and O–H groups in total. The second-order valence-corrected chi connectivity index (χ2v) is 11.0. The summed E-state index contributed by atoms with van der Waals surface area (Å²) in [5.41, 5.74) is -0.0350. The summed E-state index contributed by atoms with van der Waals surface area (Å²) in [6, 6.07) is 0.628. The van der Waals surface area contributed by atoms with E-state index < -0.39 is 0 Å². The highest BCUT2D eigenvalue weighted by atomic mass is 16.5. The Morgan fingerprint density at radius 3 is 2.16 bits per heavy atom. The predicted molar refractivity (Wildman–Crippen MR) is 125 cm³/mol. The summed E-state index contributed by atoms with van der Waals surface area (Å²) in [6.07, 6.45) is 5.81. The first kappa shape index (κ1) is 24.0. The summed E-state index contributed by atoms with van der Waals surface area (Å²) in [5.74, 6) is 1.25. The van der Waals surface area contributed by atoms with Crippen molar-refractivity contribution in [3.63, 3.8) is 0 Å². The topological polar surface area (TPSA) is 56.3 Å². The zero-order chi connectivity index (χ0) is 22.7. The van der Waals surface area contributed by atoms with E-state index in [0.717, 1.165) is 77.2 Å². The highest BCUT2D eigenvalue weighted by molar-refractivity contribution is 5.80. The number of piperidine rings is 2. The molecule has 32 heavy (non-hydrogen) atoms. The highest BCUT2D eigenvalue weighted by Gasteiger charge is 2.43. The van der Waals surface area contributed by atoms with Crippen molar-refractivity contribution in [3.8, 4) is 0 Å². The number of rotatable bonds is 4. The minimum Gasteiger partial charge on any atom is -0.375 e. The van der Waals surface area contributed by atoms with Crippen LogP contribution in [0, 0.1) is 11.8 Å². The Kier molecular flexibility index (Phi) is 7.78. The highest BCUT2D eigenvalue weighted by Crippen LogP contribution is 2.37. The Morgan fingerprint density at radius 1 is 0.906 bits per heavy atom. The first-order valence-electron chi connectivity index (χ1n) is 13.0. The van der Waals surface area contributed by atoms with Gasteiger partial charge in [0.2, 0.25) is 11.8 Å². The molecule has 4 saturated heterocycles. The molecule has 0 bridgehead atoms. The minimum atomic E-state index is -0.0350. The van der Waals surface area contributed by atoms with Gasteiger partial charge in [-0.2, -0.15) is 0 Å². The van der Waals surface area contributed by atoms with Gasteiger partial charge in [0.25, 0.3) is 0 Å². The van der Waals surface area contributed by atoms with Crippen LogP contribution in [0.25, 0.3) is 0 Å². The van der Waals surface area contributed by atoms with E-state index in [4.69, 9.17) is 4.74 Å². The molecule has 7 heteroatoms. The number of carbonyl (C=O) groups is 2. The summed E-state index contributed by atoms with van der Waals surface area (Å²) < 4.78 is 6.40. The van der Waals surface area contributed by atoms with Gasteiger partial charge in [0.1, 0.15) is 0 Å². The quantitative estimate of drug-likeness (QED) is 0.659. The van der Waals surface area contributed by atoms with E-state index in [9.17, 15) is 9.59 Å². The molecule has 2 amide bonds. The summed E-state index contributed by atoms with van der Waals surface area (Å²) >= 11 is 0. The smallest absolute Gasteiger partial charge is 0.225 e. The van der Waals surface area contributed by atoms with Gasteiger partial charge >= 0.3 is 0 Å². The molecule has 0 saturated carbocycles. The van der Waals surface area contributed by atoms with Crippen LogP contribution in [0.2, 0.25) is 0 Å². The maximum absolute atomic E-state index is 13.1. The van der Waals surface area contributed by atoms with Crippen molar-refractivity contribution in [1.82, 2.24) is 19.6 Å². The van der Waals surface area contributed by atoms with E-state index in [1.165, 1.54) is 32.7 Å². The third-order valence-electron chi connectivity index (χ3n) is 8.29. The second-order valence-electron chi connectivity index (χ2n) is 11.0. The average molecular weight is 449 g/mol. The summed E-state index contributed by atoms with van der Waals surface area (Å²) in [4.78, 5) is 33.9. The molecular weight excluding hydrogens is 404 g/mol. The number of amides is 2. The molecule has 4 heterocycles. The number of hydrogen-bond acceptors (Lipinski definition) is 5. The average Bonchev–Trinajstić information content (AvgIpc) is 2.79. The fraction of sp³-hybridized carbons (Fsp3) is 0.920. The Bertz CT molecular complexity index is 646. The fourth-order valence-electron chi connectivity index (χ4n) is 6.32. The lowest BCUT2D eigenvalue weighted by atomic mass is 9.81. The third-order valence-corrected chi connectivity index (χ3v) is 8.29. The molecule has 0 aromatic heterocycles. The van der Waals surface area contributed by atoms with Crippen LogP contribution in [0.5, 0.6) is 0 Å². The van der Waals surface area contributed by atoms with Crippen LogP contribution < -0.4 is 0 Å². The fourth-order valence-corrected chi connectivity index (χ4v) is 6.32. The standard InChI is InChI=1S/C25H44N4O3/c1-20(2)19-26-13-15-28(16-14-26)23-6-17-32-25(18-23)7-11-29(12-8-25)24(31)22-4-9-27(10-5-22)21(3)30/h20,22-23H,4-19H2,1-3H3. The van der Waals surface area contributed by atoms with Gasteiger partial charge in [0.05, 0.1) is 5.60 Å². The molecule has 0 aromatic rings. The monoisotopic (exact) mass is 448 g/mol. The third kappa shape index (κ3) is 5.65. The number of piperazine rings is 1. The molecule has 7 nitrogen and oxygen atoms in total. The summed E-state index contributed by atoms with van der Waals surface area (Å²) in [5, 5.41) is 0. The normalized spacial score (nSPS) is 28.4. The molecule has 1 atom stereocenters. The number of carbonyl (C=O) groups excluding carboxylic acids is 2. The molecule has 182 valence electrons. The van der Waals surface area contributed by atoms with Gasteiger partial charge in [0.15, 0.2) is 0 Å². The number of ether oxygens (including phenoxy) is 1. The molecule has 0 aromatic carbocycles. The van der Waals surface area contributed by atoms with E-state index in [2.05, 4.69) is 28.5 Å². The van der Waals surface area contributed by atoms with Gasteiger partial charge < -0.3 is 19.4 Å². The molecule has 4 aliphatic rings. The summed E-state index contributed by atoms with van der Waals surface area (Å²) in [6.45, 7) is 16.1. The Labute approximate surface area is 194 Å². The van der Waals surface area contributed by atoms with Crippen LogP contribution in [0.1, 0.15) is 59.3 Å². The van der Waals surface area contributed by atoms with Gasteiger partial charge in [-0.3, -0.25) is 14.5 Å². The first-order chi connectivity index (χ1) is 15.3. The zero-order valence-corrected chi connectivity index (χ0v) is 20.6. The molecule has 4 rings (SSSR count). The van der Waals surface area contributed by atoms with Gasteiger partial charge in [-0.15, -0.1) is 0 Å². The lowest BCUT2D eigenvalue weighted by molar-refractivity contribution is -0.154. The van der Waals surface area contributed by atoms with Crippen LogP contribution in [0.4, 0.5) is 0 Å². The van der Waals surface area contributed by atoms with E-state index in [1.807, 2.05) is 4.90 Å². The van der Waals surface area contributed by atoms with Crippen LogP contribution in [-0.2, 0) is 14.3 Å². The molecule has 4 aliphatic heterocycles. The van der Waals surface area contributed by atoms with E-state index in [0.29, 0.717) is 11.9 Å². The van der Waals surface area contributed by atoms with Crippen LogP contribution >= 0.6 is 0 Å². The molecule has 4 fully saturated rings. The number of likely N-dealkylation sites (tertiary alicyclic amines) is 2. The number of hydrogen-bond donors (Lipinski definition) is 0. The van der Waals surface area contributed by atoms with E-state index in [-0.39, 0.29) is 17.4 Å². The lowest BCUT2D eigenvalue weighted by Gasteiger charge is -2.50. The van der Waals surface area contributed by atoms with Crippen molar-refractivity contribution in [3.05, 3.63) is 0 Å². The van der Waals surface area contributed by atoms with Crippen molar-refractivity contribution in [1.29, 1.82) is 0 Å². The maximum atomic E-state index is 13.1. The van der Waals surface area contributed by atoms with E-state index >= 15 is 0 Å². The largest absolute Gasteiger partial charge is 0.375 e. The molecule has 1 unspecified atom stereocenters. The van der Waals surface area contributed by atoms with Crippen molar-refractivity contribution < 1.29 is 14.3 Å².